The average molecular weight is 191 g/mol. The first-order valence-electron chi connectivity index (χ1n) is 3.12. The Labute approximate surface area is 70.6 Å². The molecular formula is C6H4F3N3O. The Morgan fingerprint density at radius 2 is 1.92 bits per heavy atom. The zero-order valence-corrected chi connectivity index (χ0v) is 6.17. The molecule has 0 aliphatic heterocycles. The summed E-state index contributed by atoms with van der Waals surface area (Å²) in [5.74, 6) is -0.916. The normalized spacial score (nSPS) is 11.3. The molecular weight excluding hydrogens is 187 g/mol. The quantitative estimate of drug-likeness (QED) is 0.706. The van der Waals surface area contributed by atoms with Crippen molar-refractivity contribution >= 4 is 5.91 Å². The highest BCUT2D eigenvalue weighted by atomic mass is 19.4. The first-order valence-corrected chi connectivity index (χ1v) is 3.12. The molecule has 0 radical (unpaired) electrons. The maximum absolute atomic E-state index is 11.9. The van der Waals surface area contributed by atoms with Gasteiger partial charge in [0.05, 0.1) is 0 Å². The minimum absolute atomic E-state index is 0.298. The van der Waals surface area contributed by atoms with E-state index in [4.69, 9.17) is 5.73 Å². The number of rotatable bonds is 1. The van der Waals surface area contributed by atoms with Gasteiger partial charge in [0.2, 0.25) is 0 Å². The summed E-state index contributed by atoms with van der Waals surface area (Å²) in [6, 6.07) is 1.52. The summed E-state index contributed by atoms with van der Waals surface area (Å²) in [6.07, 6.45) is -4.55. The van der Waals surface area contributed by atoms with Crippen LogP contribution in [0.25, 0.3) is 0 Å². The second-order valence-corrected chi connectivity index (χ2v) is 2.17. The molecule has 1 aromatic heterocycles. The Bertz CT molecular complexity index is 319. The summed E-state index contributed by atoms with van der Waals surface area (Å²) in [6.45, 7) is 0. The average Bonchev–Trinajstić information content (AvgIpc) is 2.03. The molecule has 0 aromatic carbocycles. The van der Waals surface area contributed by atoms with Crippen molar-refractivity contribution in [1.82, 2.24) is 10.2 Å². The molecule has 1 rings (SSSR count). The van der Waals surface area contributed by atoms with Gasteiger partial charge >= 0.3 is 6.18 Å². The van der Waals surface area contributed by atoms with Crippen LogP contribution in [0.2, 0.25) is 0 Å². The fourth-order valence-corrected chi connectivity index (χ4v) is 0.615. The molecule has 4 nitrogen and oxygen atoms in total. The number of carbonyl (C=O) groups excluding carboxylic acids is 1. The van der Waals surface area contributed by atoms with Gasteiger partial charge in [0, 0.05) is 0 Å². The summed E-state index contributed by atoms with van der Waals surface area (Å²) >= 11 is 0. The van der Waals surface area contributed by atoms with Crippen LogP contribution in [0.5, 0.6) is 0 Å². The van der Waals surface area contributed by atoms with Crippen LogP contribution in [0.4, 0.5) is 13.2 Å². The molecule has 1 amide bonds. The summed E-state index contributed by atoms with van der Waals surface area (Å²) in [4.78, 5) is 10.4. The van der Waals surface area contributed by atoms with Gasteiger partial charge in [-0.05, 0) is 12.1 Å². The number of aromatic nitrogens is 2. The Balaban J connectivity index is 3.01. The van der Waals surface area contributed by atoms with Gasteiger partial charge in [-0.3, -0.25) is 4.79 Å². The van der Waals surface area contributed by atoms with E-state index in [0.717, 1.165) is 6.07 Å². The van der Waals surface area contributed by atoms with Crippen LogP contribution in [0.15, 0.2) is 12.1 Å². The molecule has 70 valence electrons. The zero-order chi connectivity index (χ0) is 10.1. The van der Waals surface area contributed by atoms with Crippen LogP contribution in [-0.2, 0) is 6.18 Å². The Hall–Kier alpha value is -1.66. The third-order valence-electron chi connectivity index (χ3n) is 1.21. The molecule has 0 aliphatic carbocycles. The Kier molecular flexibility index (Phi) is 2.18. The second-order valence-electron chi connectivity index (χ2n) is 2.17. The largest absolute Gasteiger partial charge is 0.435 e. The molecule has 7 heteroatoms. The Morgan fingerprint density at radius 1 is 1.31 bits per heavy atom. The fourth-order valence-electron chi connectivity index (χ4n) is 0.615. The van der Waals surface area contributed by atoms with Crippen molar-refractivity contribution in [1.29, 1.82) is 0 Å². The van der Waals surface area contributed by atoms with Gasteiger partial charge in [0.15, 0.2) is 11.4 Å². The highest BCUT2D eigenvalue weighted by Gasteiger charge is 2.32. The summed E-state index contributed by atoms with van der Waals surface area (Å²) in [5, 5.41) is 5.80. The molecule has 1 heterocycles. The summed E-state index contributed by atoms with van der Waals surface area (Å²) < 4.78 is 35.7. The van der Waals surface area contributed by atoms with Gasteiger partial charge < -0.3 is 5.73 Å². The molecule has 0 saturated heterocycles. The van der Waals surface area contributed by atoms with Crippen molar-refractivity contribution in [3.63, 3.8) is 0 Å². The van der Waals surface area contributed by atoms with Crippen molar-refractivity contribution < 1.29 is 18.0 Å². The molecule has 0 unspecified atom stereocenters. The number of amides is 1. The van der Waals surface area contributed by atoms with E-state index < -0.39 is 17.8 Å². The van der Waals surface area contributed by atoms with E-state index in [9.17, 15) is 18.0 Å². The van der Waals surface area contributed by atoms with Gasteiger partial charge in [-0.2, -0.15) is 13.2 Å². The SMILES string of the molecule is NC(=O)c1ccc(C(F)(F)F)nn1. The van der Waals surface area contributed by atoms with Crippen molar-refractivity contribution in [3.8, 4) is 0 Å². The number of hydrogen-bond acceptors (Lipinski definition) is 3. The zero-order valence-electron chi connectivity index (χ0n) is 6.17. The van der Waals surface area contributed by atoms with Gasteiger partial charge in [-0.1, -0.05) is 0 Å². The van der Waals surface area contributed by atoms with Gasteiger partial charge in [0.25, 0.3) is 5.91 Å². The molecule has 0 aliphatic rings. The van der Waals surface area contributed by atoms with Gasteiger partial charge in [-0.25, -0.2) is 0 Å². The first kappa shape index (κ1) is 9.43. The number of alkyl halides is 3. The van der Waals surface area contributed by atoms with E-state index in [1.807, 2.05) is 0 Å². The van der Waals surface area contributed by atoms with Crippen LogP contribution < -0.4 is 5.73 Å². The summed E-state index contributed by atoms with van der Waals surface area (Å²) in [7, 11) is 0. The lowest BCUT2D eigenvalue weighted by atomic mass is 10.3. The van der Waals surface area contributed by atoms with Crippen molar-refractivity contribution in [2.24, 2.45) is 5.73 Å². The highest BCUT2D eigenvalue weighted by molar-refractivity contribution is 5.90. The fraction of sp³-hybridized carbons (Fsp3) is 0.167. The number of halogens is 3. The van der Waals surface area contributed by atoms with E-state index >= 15 is 0 Å². The predicted octanol–water partition coefficient (Wildman–Crippen LogP) is 0.594. The minimum Gasteiger partial charge on any atom is -0.364 e. The number of nitrogens with zero attached hydrogens (tertiary/aromatic N) is 2. The van der Waals surface area contributed by atoms with Crippen LogP contribution in [0, 0.1) is 0 Å². The lowest BCUT2D eigenvalue weighted by Gasteiger charge is -2.03. The van der Waals surface area contributed by atoms with Crippen molar-refractivity contribution in [3.05, 3.63) is 23.5 Å². The van der Waals surface area contributed by atoms with E-state index in [1.54, 1.807) is 0 Å². The maximum atomic E-state index is 11.9. The highest BCUT2D eigenvalue weighted by Crippen LogP contribution is 2.26. The predicted molar refractivity (Wildman–Crippen MR) is 35.6 cm³/mol. The van der Waals surface area contributed by atoms with Crippen molar-refractivity contribution in [2.45, 2.75) is 6.18 Å². The van der Waals surface area contributed by atoms with E-state index in [2.05, 4.69) is 10.2 Å². The minimum atomic E-state index is -4.55. The van der Waals surface area contributed by atoms with Crippen molar-refractivity contribution in [2.75, 3.05) is 0 Å². The monoisotopic (exact) mass is 191 g/mol. The third kappa shape index (κ3) is 2.14. The van der Waals surface area contributed by atoms with Crippen LogP contribution in [0.1, 0.15) is 16.2 Å². The standard InChI is InChI=1S/C6H4F3N3O/c7-6(8,9)4-2-1-3(5(10)13)11-12-4/h1-2H,(H2,10,13). The van der Waals surface area contributed by atoms with E-state index in [0.29, 0.717) is 6.07 Å². The molecule has 0 fully saturated rings. The van der Waals surface area contributed by atoms with Crippen LogP contribution in [0.3, 0.4) is 0 Å². The van der Waals surface area contributed by atoms with E-state index in [1.165, 1.54) is 0 Å². The third-order valence-corrected chi connectivity index (χ3v) is 1.21. The second kappa shape index (κ2) is 3.00. The number of hydrogen-bond donors (Lipinski definition) is 1. The van der Waals surface area contributed by atoms with Crippen LogP contribution in [-0.4, -0.2) is 16.1 Å². The molecule has 2 N–H and O–H groups in total. The lowest BCUT2D eigenvalue weighted by molar-refractivity contribution is -0.141. The molecule has 0 spiro atoms. The molecule has 0 atom stereocenters. The van der Waals surface area contributed by atoms with Gasteiger partial charge in [0.1, 0.15) is 0 Å². The maximum Gasteiger partial charge on any atom is 0.435 e. The summed E-state index contributed by atoms with van der Waals surface area (Å²) in [5.41, 5.74) is 3.30. The Morgan fingerprint density at radius 3 is 2.23 bits per heavy atom. The lowest BCUT2D eigenvalue weighted by Crippen LogP contribution is -2.16. The number of primary amides is 1. The molecule has 0 saturated carbocycles. The van der Waals surface area contributed by atoms with Crippen LogP contribution >= 0.6 is 0 Å². The molecule has 1 aromatic rings. The molecule has 13 heavy (non-hydrogen) atoms. The van der Waals surface area contributed by atoms with E-state index in [-0.39, 0.29) is 5.69 Å². The first-order chi connectivity index (χ1) is 5.91. The number of nitrogens with two attached hydrogens (primary N) is 1. The number of carbonyl (C=O) groups is 1. The topological polar surface area (TPSA) is 68.9 Å². The van der Waals surface area contributed by atoms with Gasteiger partial charge in [-0.15, -0.1) is 10.2 Å². The smallest absolute Gasteiger partial charge is 0.364 e. The molecule has 0 bridgehead atoms.